The molecular formula is C20H22N2O5S. The van der Waals surface area contributed by atoms with Crippen molar-refractivity contribution in [3.05, 3.63) is 59.2 Å². The predicted octanol–water partition coefficient (Wildman–Crippen LogP) is 2.03. The fourth-order valence-corrected chi connectivity index (χ4v) is 4.53. The molecule has 0 aliphatic carbocycles. The van der Waals surface area contributed by atoms with Crippen LogP contribution >= 0.6 is 0 Å². The van der Waals surface area contributed by atoms with Gasteiger partial charge in [0.1, 0.15) is 17.3 Å². The second kappa shape index (κ2) is 8.02. The average molecular weight is 402 g/mol. The summed E-state index contributed by atoms with van der Waals surface area (Å²) in [5.41, 5.74) is 2.24. The van der Waals surface area contributed by atoms with Gasteiger partial charge in [-0.05, 0) is 43.2 Å². The molecule has 0 saturated carbocycles. The summed E-state index contributed by atoms with van der Waals surface area (Å²) in [7, 11) is -3.88. The first kappa shape index (κ1) is 19.9. The van der Waals surface area contributed by atoms with E-state index in [1.165, 1.54) is 12.1 Å². The second-order valence-corrected chi connectivity index (χ2v) is 8.43. The van der Waals surface area contributed by atoms with Gasteiger partial charge in [0.05, 0.1) is 12.1 Å². The van der Waals surface area contributed by atoms with E-state index in [0.29, 0.717) is 6.61 Å². The van der Waals surface area contributed by atoms with Gasteiger partial charge in [-0.3, -0.25) is 9.59 Å². The van der Waals surface area contributed by atoms with Crippen LogP contribution in [0.5, 0.6) is 5.75 Å². The number of rotatable bonds is 7. The zero-order chi connectivity index (χ0) is 20.3. The van der Waals surface area contributed by atoms with Crippen LogP contribution in [0.15, 0.2) is 47.4 Å². The van der Waals surface area contributed by atoms with E-state index in [0.717, 1.165) is 21.2 Å². The summed E-state index contributed by atoms with van der Waals surface area (Å²) in [6, 6.07) is 11.9. The first-order valence-electron chi connectivity index (χ1n) is 8.93. The van der Waals surface area contributed by atoms with E-state index in [1.54, 1.807) is 12.1 Å². The van der Waals surface area contributed by atoms with Crippen molar-refractivity contribution in [2.24, 2.45) is 0 Å². The lowest BCUT2D eigenvalue weighted by molar-refractivity contribution is -0.121. The van der Waals surface area contributed by atoms with Crippen molar-refractivity contribution in [2.75, 3.05) is 19.7 Å². The van der Waals surface area contributed by atoms with E-state index < -0.39 is 15.9 Å². The number of sulfonamides is 1. The van der Waals surface area contributed by atoms with Gasteiger partial charge >= 0.3 is 0 Å². The van der Waals surface area contributed by atoms with Crippen molar-refractivity contribution in [1.82, 2.24) is 9.62 Å². The summed E-state index contributed by atoms with van der Waals surface area (Å²) in [6.07, 6.45) is -0.109. The molecule has 0 radical (unpaired) electrons. The molecule has 28 heavy (non-hydrogen) atoms. The fourth-order valence-electron chi connectivity index (χ4n) is 2.96. The van der Waals surface area contributed by atoms with Crippen molar-refractivity contribution in [3.8, 4) is 5.75 Å². The number of nitrogens with one attached hydrogen (secondary N) is 1. The summed E-state index contributed by atoms with van der Waals surface area (Å²) in [5.74, 6) is -0.175. The molecule has 0 unspecified atom stereocenters. The maximum absolute atomic E-state index is 12.4. The Kier molecular flexibility index (Phi) is 5.69. The molecule has 2 aromatic carbocycles. The Labute approximate surface area is 164 Å². The molecule has 2 amide bonds. The molecule has 1 aliphatic heterocycles. The van der Waals surface area contributed by atoms with E-state index in [-0.39, 0.29) is 35.9 Å². The lowest BCUT2D eigenvalue weighted by Crippen LogP contribution is -2.35. The highest BCUT2D eigenvalue weighted by Gasteiger charge is 2.40. The Bertz CT molecular complexity index is 1020. The molecule has 8 heteroatoms. The third kappa shape index (κ3) is 4.01. The summed E-state index contributed by atoms with van der Waals surface area (Å²) in [5, 5.41) is 2.68. The number of carbonyl (C=O) groups excluding carboxylic acids is 2. The van der Waals surface area contributed by atoms with Crippen LogP contribution in [0.1, 0.15) is 27.9 Å². The first-order valence-corrected chi connectivity index (χ1v) is 10.4. The zero-order valence-corrected chi connectivity index (χ0v) is 16.6. The maximum atomic E-state index is 12.4. The summed E-state index contributed by atoms with van der Waals surface area (Å²) in [6.45, 7) is 4.30. The van der Waals surface area contributed by atoms with Gasteiger partial charge in [-0.1, -0.05) is 24.3 Å². The third-order valence-corrected chi connectivity index (χ3v) is 6.32. The summed E-state index contributed by atoms with van der Waals surface area (Å²) >= 11 is 0. The molecule has 2 aromatic rings. The van der Waals surface area contributed by atoms with E-state index in [1.807, 2.05) is 32.0 Å². The fraction of sp³-hybridized carbons (Fsp3) is 0.300. The molecule has 0 saturated heterocycles. The number of fused-ring (bicyclic) bond motifs is 1. The number of nitrogens with zero attached hydrogens (tertiary/aromatic N) is 1. The molecule has 1 aliphatic rings. The lowest BCUT2D eigenvalue weighted by atomic mass is 10.1. The third-order valence-electron chi connectivity index (χ3n) is 4.48. The van der Waals surface area contributed by atoms with Crippen molar-refractivity contribution in [2.45, 2.75) is 25.2 Å². The summed E-state index contributed by atoms with van der Waals surface area (Å²) < 4.78 is 31.3. The SMILES string of the molecule is Cc1ccc(C)c(OCCNC(=O)CCN2C(=O)c3ccccc3S2(=O)=O)c1. The maximum Gasteiger partial charge on any atom is 0.269 e. The zero-order valence-electron chi connectivity index (χ0n) is 15.8. The van der Waals surface area contributed by atoms with E-state index in [4.69, 9.17) is 4.74 Å². The molecule has 0 atom stereocenters. The number of amides is 2. The van der Waals surface area contributed by atoms with E-state index >= 15 is 0 Å². The molecular weight excluding hydrogens is 380 g/mol. The van der Waals surface area contributed by atoms with Crippen LogP contribution in [0.4, 0.5) is 0 Å². The average Bonchev–Trinajstić information content (AvgIpc) is 2.86. The number of carbonyl (C=O) groups is 2. The first-order chi connectivity index (χ1) is 13.3. The van der Waals surface area contributed by atoms with Crippen LogP contribution in [-0.2, 0) is 14.8 Å². The highest BCUT2D eigenvalue weighted by Crippen LogP contribution is 2.29. The highest BCUT2D eigenvalue weighted by molar-refractivity contribution is 7.90. The Hall–Kier alpha value is -2.87. The van der Waals surface area contributed by atoms with Crippen LogP contribution in [0.25, 0.3) is 0 Å². The van der Waals surface area contributed by atoms with Gasteiger partial charge in [0.2, 0.25) is 5.91 Å². The monoisotopic (exact) mass is 402 g/mol. The highest BCUT2D eigenvalue weighted by atomic mass is 32.2. The molecule has 3 rings (SSSR count). The van der Waals surface area contributed by atoms with Crippen molar-refractivity contribution >= 4 is 21.8 Å². The van der Waals surface area contributed by atoms with Crippen LogP contribution in [0, 0.1) is 13.8 Å². The molecule has 0 bridgehead atoms. The van der Waals surface area contributed by atoms with E-state index in [2.05, 4.69) is 5.32 Å². The minimum Gasteiger partial charge on any atom is -0.491 e. The van der Waals surface area contributed by atoms with E-state index in [9.17, 15) is 18.0 Å². The number of hydrogen-bond donors (Lipinski definition) is 1. The van der Waals surface area contributed by atoms with Gasteiger partial charge in [-0.15, -0.1) is 0 Å². The largest absolute Gasteiger partial charge is 0.491 e. The van der Waals surface area contributed by atoms with Gasteiger partial charge in [0.25, 0.3) is 15.9 Å². The molecule has 1 N–H and O–H groups in total. The Morgan fingerprint density at radius 1 is 1.14 bits per heavy atom. The quantitative estimate of drug-likeness (QED) is 0.716. The molecule has 7 nitrogen and oxygen atoms in total. The second-order valence-electron chi connectivity index (χ2n) is 6.60. The molecule has 0 spiro atoms. The minimum atomic E-state index is -3.88. The standard InChI is InChI=1S/C20H22N2O5S/c1-14-7-8-15(2)17(13-14)27-12-10-21-19(23)9-11-22-20(24)16-5-3-4-6-18(16)28(22,25)26/h3-8,13H,9-12H2,1-2H3,(H,21,23). The molecule has 148 valence electrons. The Morgan fingerprint density at radius 2 is 1.89 bits per heavy atom. The van der Waals surface area contributed by atoms with Gasteiger partial charge in [-0.25, -0.2) is 12.7 Å². The van der Waals surface area contributed by atoms with Crippen molar-refractivity contribution < 1.29 is 22.7 Å². The minimum absolute atomic E-state index is 0.0117. The Balaban J connectivity index is 1.47. The normalized spacial score (nSPS) is 14.6. The molecule has 0 aromatic heterocycles. The predicted molar refractivity (Wildman–Crippen MR) is 104 cm³/mol. The van der Waals surface area contributed by atoms with Crippen LogP contribution < -0.4 is 10.1 Å². The van der Waals surface area contributed by atoms with Gasteiger partial charge < -0.3 is 10.1 Å². The number of aryl methyl sites for hydroxylation is 2. The van der Waals surface area contributed by atoms with Crippen molar-refractivity contribution in [1.29, 1.82) is 0 Å². The van der Waals surface area contributed by atoms with Crippen molar-refractivity contribution in [3.63, 3.8) is 0 Å². The number of hydrogen-bond acceptors (Lipinski definition) is 5. The van der Waals surface area contributed by atoms with Gasteiger partial charge in [-0.2, -0.15) is 0 Å². The number of ether oxygens (including phenoxy) is 1. The van der Waals surface area contributed by atoms with Gasteiger partial charge in [0.15, 0.2) is 0 Å². The number of benzene rings is 2. The van der Waals surface area contributed by atoms with Crippen LogP contribution in [0.2, 0.25) is 0 Å². The summed E-state index contributed by atoms with van der Waals surface area (Å²) in [4.78, 5) is 24.3. The van der Waals surface area contributed by atoms with Crippen LogP contribution in [0.3, 0.4) is 0 Å². The molecule has 1 heterocycles. The lowest BCUT2D eigenvalue weighted by Gasteiger charge is -2.15. The van der Waals surface area contributed by atoms with Gasteiger partial charge in [0, 0.05) is 13.0 Å². The van der Waals surface area contributed by atoms with Crippen LogP contribution in [-0.4, -0.2) is 44.2 Å². The Morgan fingerprint density at radius 3 is 2.64 bits per heavy atom. The topological polar surface area (TPSA) is 92.8 Å². The molecule has 0 fully saturated rings. The smallest absolute Gasteiger partial charge is 0.269 e.